The molecule has 168 valence electrons. The van der Waals surface area contributed by atoms with Gasteiger partial charge in [0.25, 0.3) is 5.91 Å². The van der Waals surface area contributed by atoms with Crippen molar-refractivity contribution in [1.82, 2.24) is 20.4 Å². The van der Waals surface area contributed by atoms with Crippen molar-refractivity contribution < 1.29 is 9.53 Å². The van der Waals surface area contributed by atoms with Gasteiger partial charge in [0.1, 0.15) is 5.56 Å². The summed E-state index contributed by atoms with van der Waals surface area (Å²) in [7, 11) is 3.37. The van der Waals surface area contributed by atoms with Gasteiger partial charge in [0, 0.05) is 24.8 Å². The molecule has 1 saturated heterocycles. The van der Waals surface area contributed by atoms with Crippen LogP contribution in [0.1, 0.15) is 41.2 Å². The van der Waals surface area contributed by atoms with Gasteiger partial charge in [-0.05, 0) is 48.7 Å². The number of piperidine rings is 1. The monoisotopic (exact) mass is 472 g/mol. The molecule has 4 rings (SSSR count). The smallest absolute Gasteiger partial charge is 0.257 e. The predicted octanol–water partition coefficient (Wildman–Crippen LogP) is 5.02. The Labute approximate surface area is 197 Å². The molecule has 32 heavy (non-hydrogen) atoms. The number of rotatable bonds is 6. The van der Waals surface area contributed by atoms with Crippen LogP contribution in [0.3, 0.4) is 0 Å². The van der Waals surface area contributed by atoms with E-state index in [0.717, 1.165) is 42.5 Å². The summed E-state index contributed by atoms with van der Waals surface area (Å²) in [6.07, 6.45) is 7.00. The molecule has 1 aromatic heterocycles. The standard InChI is InChI=1S/C24H26Cl2N4O2/c1-30-14-17(13-28-30)15-6-5-7-16(12-15)22(20-8-3-4-11-27-20)29-24(31)21-18(25)9-10-19(26)23(21)32-2/h5-7,9-10,12-14,20,22,27H,3-4,8,11H2,1-2H3,(H,29,31)/t20-,22-/m0/s1. The molecule has 0 bridgehead atoms. The maximum absolute atomic E-state index is 13.4. The summed E-state index contributed by atoms with van der Waals surface area (Å²) in [6.45, 7) is 0.917. The average Bonchev–Trinajstić information content (AvgIpc) is 3.25. The third-order valence-corrected chi connectivity index (χ3v) is 6.42. The van der Waals surface area contributed by atoms with Gasteiger partial charge in [-0.2, -0.15) is 5.10 Å². The first kappa shape index (κ1) is 22.6. The molecule has 1 fully saturated rings. The van der Waals surface area contributed by atoms with E-state index in [1.54, 1.807) is 16.8 Å². The number of aromatic nitrogens is 2. The van der Waals surface area contributed by atoms with Crippen molar-refractivity contribution in [2.45, 2.75) is 31.3 Å². The number of halogens is 2. The van der Waals surface area contributed by atoms with E-state index < -0.39 is 0 Å². The van der Waals surface area contributed by atoms with E-state index in [2.05, 4.69) is 21.8 Å². The fraction of sp³-hybridized carbons (Fsp3) is 0.333. The van der Waals surface area contributed by atoms with E-state index in [9.17, 15) is 4.79 Å². The molecule has 1 amide bonds. The number of aryl methyl sites for hydroxylation is 1. The summed E-state index contributed by atoms with van der Waals surface area (Å²) in [5.74, 6) is -0.0466. The van der Waals surface area contributed by atoms with Crippen molar-refractivity contribution >= 4 is 29.1 Å². The maximum atomic E-state index is 13.4. The molecule has 0 radical (unpaired) electrons. The molecule has 0 aliphatic carbocycles. The zero-order valence-corrected chi connectivity index (χ0v) is 19.6. The number of benzene rings is 2. The summed E-state index contributed by atoms with van der Waals surface area (Å²) in [5, 5.41) is 11.7. The highest BCUT2D eigenvalue weighted by molar-refractivity contribution is 6.37. The van der Waals surface area contributed by atoms with Gasteiger partial charge >= 0.3 is 0 Å². The molecule has 0 unspecified atom stereocenters. The van der Waals surface area contributed by atoms with Crippen LogP contribution in [0, 0.1) is 0 Å². The summed E-state index contributed by atoms with van der Waals surface area (Å²) < 4.78 is 7.16. The number of hydrogen-bond acceptors (Lipinski definition) is 4. The van der Waals surface area contributed by atoms with E-state index in [-0.39, 0.29) is 29.3 Å². The highest BCUT2D eigenvalue weighted by Crippen LogP contribution is 2.35. The van der Waals surface area contributed by atoms with E-state index in [0.29, 0.717) is 10.0 Å². The van der Waals surface area contributed by atoms with Crippen molar-refractivity contribution in [3.63, 3.8) is 0 Å². The zero-order valence-electron chi connectivity index (χ0n) is 18.1. The zero-order chi connectivity index (χ0) is 22.7. The molecular formula is C24H26Cl2N4O2. The second-order valence-corrected chi connectivity index (χ2v) is 8.79. The lowest BCUT2D eigenvalue weighted by Crippen LogP contribution is -2.46. The minimum atomic E-state index is -0.321. The normalized spacial score (nSPS) is 17.1. The van der Waals surface area contributed by atoms with Crippen molar-refractivity contribution in [3.05, 3.63) is 70.0 Å². The van der Waals surface area contributed by atoms with Crippen molar-refractivity contribution in [2.24, 2.45) is 7.05 Å². The molecule has 6 nitrogen and oxygen atoms in total. The average molecular weight is 473 g/mol. The van der Waals surface area contributed by atoms with Gasteiger partial charge in [0.15, 0.2) is 5.75 Å². The second-order valence-electron chi connectivity index (χ2n) is 7.97. The van der Waals surface area contributed by atoms with Gasteiger partial charge in [0.2, 0.25) is 0 Å². The number of hydrogen-bond donors (Lipinski definition) is 2. The lowest BCUT2D eigenvalue weighted by molar-refractivity contribution is 0.0920. The molecule has 2 aromatic carbocycles. The van der Waals surface area contributed by atoms with Gasteiger partial charge in [-0.1, -0.05) is 47.8 Å². The van der Waals surface area contributed by atoms with Crippen LogP contribution in [0.5, 0.6) is 5.75 Å². The van der Waals surface area contributed by atoms with Crippen LogP contribution in [-0.4, -0.2) is 35.4 Å². The summed E-state index contributed by atoms with van der Waals surface area (Å²) in [5.41, 5.74) is 3.32. The predicted molar refractivity (Wildman–Crippen MR) is 128 cm³/mol. The third-order valence-electron chi connectivity index (χ3n) is 5.81. The Morgan fingerprint density at radius 1 is 1.22 bits per heavy atom. The molecule has 2 N–H and O–H groups in total. The number of carbonyl (C=O) groups is 1. The molecule has 0 spiro atoms. The van der Waals surface area contributed by atoms with Gasteiger partial charge in [-0.15, -0.1) is 0 Å². The number of nitrogens with zero attached hydrogens (tertiary/aromatic N) is 2. The van der Waals surface area contributed by atoms with Gasteiger partial charge in [-0.25, -0.2) is 0 Å². The van der Waals surface area contributed by atoms with Crippen LogP contribution in [0.2, 0.25) is 10.0 Å². The number of methoxy groups -OCH3 is 1. The molecule has 0 saturated carbocycles. The quantitative estimate of drug-likeness (QED) is 0.528. The second kappa shape index (κ2) is 9.94. The molecule has 2 atom stereocenters. The first-order valence-electron chi connectivity index (χ1n) is 10.6. The Morgan fingerprint density at radius 2 is 2.03 bits per heavy atom. The van der Waals surface area contributed by atoms with Crippen molar-refractivity contribution in [2.75, 3.05) is 13.7 Å². The highest BCUT2D eigenvalue weighted by atomic mass is 35.5. The topological polar surface area (TPSA) is 68.2 Å². The lowest BCUT2D eigenvalue weighted by Gasteiger charge is -2.33. The van der Waals surface area contributed by atoms with Crippen LogP contribution < -0.4 is 15.4 Å². The molecule has 2 heterocycles. The van der Waals surface area contributed by atoms with Crippen LogP contribution in [0.4, 0.5) is 0 Å². The third kappa shape index (κ3) is 4.77. The van der Waals surface area contributed by atoms with Crippen LogP contribution >= 0.6 is 23.2 Å². The SMILES string of the molecule is COc1c(Cl)ccc(Cl)c1C(=O)N[C@@H](c1cccc(-c2cnn(C)c2)c1)[C@@H]1CCCCN1. The number of ether oxygens (including phenoxy) is 1. The largest absolute Gasteiger partial charge is 0.494 e. The van der Waals surface area contributed by atoms with Crippen LogP contribution in [0.25, 0.3) is 11.1 Å². The van der Waals surface area contributed by atoms with E-state index in [4.69, 9.17) is 27.9 Å². The van der Waals surface area contributed by atoms with Crippen molar-refractivity contribution in [1.29, 1.82) is 0 Å². The van der Waals surface area contributed by atoms with E-state index in [1.165, 1.54) is 7.11 Å². The van der Waals surface area contributed by atoms with Gasteiger partial charge in [-0.3, -0.25) is 9.48 Å². The van der Waals surface area contributed by atoms with Gasteiger partial charge in [0.05, 0.1) is 29.4 Å². The minimum Gasteiger partial charge on any atom is -0.494 e. The summed E-state index contributed by atoms with van der Waals surface area (Å²) in [6, 6.07) is 11.3. The van der Waals surface area contributed by atoms with Crippen LogP contribution in [0.15, 0.2) is 48.8 Å². The number of nitrogens with one attached hydrogen (secondary N) is 2. The summed E-state index contributed by atoms with van der Waals surface area (Å²) >= 11 is 12.6. The Kier molecular flexibility index (Phi) is 7.04. The fourth-order valence-corrected chi connectivity index (χ4v) is 4.69. The first-order valence-corrected chi connectivity index (χ1v) is 11.4. The maximum Gasteiger partial charge on any atom is 0.257 e. The van der Waals surface area contributed by atoms with E-state index in [1.807, 2.05) is 37.6 Å². The fourth-order valence-electron chi connectivity index (χ4n) is 4.22. The Balaban J connectivity index is 1.70. The highest BCUT2D eigenvalue weighted by Gasteiger charge is 2.29. The van der Waals surface area contributed by atoms with E-state index >= 15 is 0 Å². The van der Waals surface area contributed by atoms with Gasteiger partial charge < -0.3 is 15.4 Å². The molecule has 8 heteroatoms. The Morgan fingerprint density at radius 3 is 2.72 bits per heavy atom. The first-order chi connectivity index (χ1) is 15.5. The molecule has 3 aromatic rings. The lowest BCUT2D eigenvalue weighted by atomic mass is 9.91. The van der Waals surface area contributed by atoms with Crippen LogP contribution in [-0.2, 0) is 7.05 Å². The Bertz CT molecular complexity index is 1110. The molecule has 1 aliphatic heterocycles. The Hall–Kier alpha value is -2.54. The number of carbonyl (C=O) groups excluding carboxylic acids is 1. The number of amides is 1. The molecular weight excluding hydrogens is 447 g/mol. The van der Waals surface area contributed by atoms with Crippen molar-refractivity contribution in [3.8, 4) is 16.9 Å². The minimum absolute atomic E-state index is 0.0980. The molecule has 1 aliphatic rings. The summed E-state index contributed by atoms with van der Waals surface area (Å²) in [4.78, 5) is 13.4.